The van der Waals surface area contributed by atoms with E-state index in [-0.39, 0.29) is 17.4 Å². The zero-order valence-electron chi connectivity index (χ0n) is 22.8. The van der Waals surface area contributed by atoms with E-state index in [9.17, 15) is 14.4 Å². The van der Waals surface area contributed by atoms with Gasteiger partial charge in [0, 0.05) is 50.8 Å². The van der Waals surface area contributed by atoms with Crippen LogP contribution in [0.3, 0.4) is 0 Å². The van der Waals surface area contributed by atoms with Crippen LogP contribution in [-0.2, 0) is 14.3 Å². The van der Waals surface area contributed by atoms with E-state index < -0.39 is 5.97 Å². The van der Waals surface area contributed by atoms with Crippen LogP contribution in [-0.4, -0.2) is 86.5 Å². The number of ether oxygens (including phenoxy) is 1. The summed E-state index contributed by atoms with van der Waals surface area (Å²) in [6, 6.07) is 18.6. The number of nitrogens with zero attached hydrogens (tertiary/aromatic N) is 4. The van der Waals surface area contributed by atoms with Crippen molar-refractivity contribution in [1.29, 1.82) is 0 Å². The van der Waals surface area contributed by atoms with E-state index in [1.807, 2.05) is 54.6 Å². The molecule has 2 aliphatic rings. The molecule has 5 rings (SSSR count). The number of aromatic nitrogens is 1. The van der Waals surface area contributed by atoms with Crippen molar-refractivity contribution in [3.63, 3.8) is 0 Å². The SMILES string of the molecule is COC(=O)c1cnc2c(c1)NC(=O)C2=C(Nc1ccc(N(C)C(=O)CN2CCN(C)CC2)cc1)c1ccccc1. The molecule has 3 heterocycles. The van der Waals surface area contributed by atoms with E-state index in [0.717, 1.165) is 43.1 Å². The zero-order chi connectivity index (χ0) is 28.2. The Morgan fingerprint density at radius 1 is 1.02 bits per heavy atom. The Morgan fingerprint density at radius 2 is 1.73 bits per heavy atom. The molecule has 40 heavy (non-hydrogen) atoms. The van der Waals surface area contributed by atoms with Crippen molar-refractivity contribution in [3.8, 4) is 0 Å². The number of rotatable bonds is 7. The molecular formula is C30H32N6O4. The van der Waals surface area contributed by atoms with Gasteiger partial charge >= 0.3 is 5.97 Å². The van der Waals surface area contributed by atoms with Gasteiger partial charge in [0.2, 0.25) is 5.91 Å². The molecule has 10 heteroatoms. The number of amides is 2. The summed E-state index contributed by atoms with van der Waals surface area (Å²) in [7, 11) is 5.17. The summed E-state index contributed by atoms with van der Waals surface area (Å²) < 4.78 is 4.78. The van der Waals surface area contributed by atoms with Gasteiger partial charge in [0.25, 0.3) is 5.91 Å². The second-order valence-electron chi connectivity index (χ2n) is 9.89. The molecule has 0 spiro atoms. The Balaban J connectivity index is 1.40. The number of benzene rings is 2. The Hall–Kier alpha value is -4.54. The predicted molar refractivity (Wildman–Crippen MR) is 155 cm³/mol. The number of nitrogens with one attached hydrogen (secondary N) is 2. The van der Waals surface area contributed by atoms with Crippen LogP contribution in [0.25, 0.3) is 11.3 Å². The third-order valence-electron chi connectivity index (χ3n) is 7.19. The van der Waals surface area contributed by atoms with E-state index in [0.29, 0.717) is 29.2 Å². The van der Waals surface area contributed by atoms with E-state index in [1.54, 1.807) is 18.0 Å². The van der Waals surface area contributed by atoms with Crippen molar-refractivity contribution >= 4 is 46.1 Å². The first-order chi connectivity index (χ1) is 19.3. The monoisotopic (exact) mass is 540 g/mol. The van der Waals surface area contributed by atoms with Crippen LogP contribution in [0.15, 0.2) is 66.9 Å². The standard InChI is InChI=1S/C30H32N6O4/c1-34-13-15-36(16-14-34)19-25(37)35(2)23-11-9-22(10-12-23)32-27(20-7-5-4-6-8-20)26-28-24(33-29(26)38)17-21(18-31-28)30(39)40-3/h4-12,17-18,32H,13-16,19H2,1-3H3,(H,33,38). The number of piperazine rings is 1. The number of carbonyl (C=O) groups is 3. The highest BCUT2D eigenvalue weighted by Gasteiger charge is 2.31. The first-order valence-corrected chi connectivity index (χ1v) is 13.1. The van der Waals surface area contributed by atoms with Gasteiger partial charge in [-0.15, -0.1) is 0 Å². The van der Waals surface area contributed by atoms with E-state index in [4.69, 9.17) is 4.74 Å². The number of anilines is 3. The summed E-state index contributed by atoms with van der Waals surface area (Å²) in [4.78, 5) is 48.6. The van der Waals surface area contributed by atoms with Crippen LogP contribution >= 0.6 is 0 Å². The van der Waals surface area contributed by atoms with E-state index >= 15 is 0 Å². The lowest BCUT2D eigenvalue weighted by Gasteiger charge is -2.32. The molecule has 1 aromatic heterocycles. The van der Waals surface area contributed by atoms with Gasteiger partial charge in [-0.1, -0.05) is 30.3 Å². The lowest BCUT2D eigenvalue weighted by Crippen LogP contribution is -2.48. The second kappa shape index (κ2) is 11.7. The quantitative estimate of drug-likeness (QED) is 0.348. The average molecular weight is 541 g/mol. The van der Waals surface area contributed by atoms with Crippen LogP contribution < -0.4 is 15.5 Å². The Morgan fingerprint density at radius 3 is 2.40 bits per heavy atom. The highest BCUT2D eigenvalue weighted by atomic mass is 16.5. The topological polar surface area (TPSA) is 107 Å². The minimum atomic E-state index is -0.532. The Labute approximate surface area is 233 Å². The van der Waals surface area contributed by atoms with E-state index in [2.05, 4.69) is 32.5 Å². The normalized spacial score (nSPS) is 16.6. The average Bonchev–Trinajstić information content (AvgIpc) is 3.31. The molecule has 1 saturated heterocycles. The number of fused-ring (bicyclic) bond motifs is 1. The molecular weight excluding hydrogens is 508 g/mol. The first-order valence-electron chi connectivity index (χ1n) is 13.1. The summed E-state index contributed by atoms with van der Waals surface area (Å²) in [5.74, 6) is -0.828. The number of hydrogen-bond donors (Lipinski definition) is 2. The van der Waals surface area contributed by atoms with Gasteiger partial charge in [-0.25, -0.2) is 4.79 Å². The van der Waals surface area contributed by atoms with Gasteiger partial charge < -0.3 is 25.2 Å². The molecule has 206 valence electrons. The fourth-order valence-corrected chi connectivity index (χ4v) is 4.76. The van der Waals surface area contributed by atoms with Gasteiger partial charge in [0.1, 0.15) is 5.69 Å². The molecule has 2 amide bonds. The summed E-state index contributed by atoms with van der Waals surface area (Å²) in [6.45, 7) is 4.06. The minimum Gasteiger partial charge on any atom is -0.465 e. The van der Waals surface area contributed by atoms with Crippen molar-refractivity contribution in [2.24, 2.45) is 0 Å². The number of pyridine rings is 1. The first kappa shape index (κ1) is 27.0. The zero-order valence-corrected chi connectivity index (χ0v) is 22.8. The highest BCUT2D eigenvalue weighted by molar-refractivity contribution is 6.37. The summed E-state index contributed by atoms with van der Waals surface area (Å²) in [6.07, 6.45) is 1.40. The highest BCUT2D eigenvalue weighted by Crippen LogP contribution is 2.37. The number of likely N-dealkylation sites (N-methyl/N-ethyl adjacent to an activating group) is 2. The summed E-state index contributed by atoms with van der Waals surface area (Å²) in [5, 5.41) is 6.21. The van der Waals surface area contributed by atoms with Crippen LogP contribution in [0.5, 0.6) is 0 Å². The largest absolute Gasteiger partial charge is 0.465 e. The molecule has 10 nitrogen and oxygen atoms in total. The summed E-state index contributed by atoms with van der Waals surface area (Å²) >= 11 is 0. The molecule has 2 N–H and O–H groups in total. The van der Waals surface area contributed by atoms with Gasteiger partial charge in [-0.2, -0.15) is 0 Å². The van der Waals surface area contributed by atoms with Gasteiger partial charge in [-0.3, -0.25) is 19.5 Å². The Kier molecular flexibility index (Phi) is 7.90. The molecule has 3 aromatic rings. The fourth-order valence-electron chi connectivity index (χ4n) is 4.76. The van der Waals surface area contributed by atoms with Crippen molar-refractivity contribution < 1.29 is 19.1 Å². The number of carbonyl (C=O) groups excluding carboxylic acids is 3. The van der Waals surface area contributed by atoms with Crippen LogP contribution in [0.1, 0.15) is 21.6 Å². The molecule has 0 unspecified atom stereocenters. The van der Waals surface area contributed by atoms with Crippen LogP contribution in [0, 0.1) is 0 Å². The van der Waals surface area contributed by atoms with Crippen LogP contribution in [0.4, 0.5) is 17.1 Å². The number of hydrogen-bond acceptors (Lipinski definition) is 8. The molecule has 0 aliphatic carbocycles. The smallest absolute Gasteiger partial charge is 0.339 e. The van der Waals surface area contributed by atoms with Crippen molar-refractivity contribution in [1.82, 2.24) is 14.8 Å². The van der Waals surface area contributed by atoms with Crippen LogP contribution in [0.2, 0.25) is 0 Å². The second-order valence-corrected chi connectivity index (χ2v) is 9.89. The lowest BCUT2D eigenvalue weighted by molar-refractivity contribution is -0.119. The maximum atomic E-state index is 13.2. The summed E-state index contributed by atoms with van der Waals surface area (Å²) in [5.41, 5.74) is 4.37. The van der Waals surface area contributed by atoms with Crippen molar-refractivity contribution in [2.75, 3.05) is 69.5 Å². The minimum absolute atomic E-state index is 0.0361. The molecule has 0 radical (unpaired) electrons. The van der Waals surface area contributed by atoms with Gasteiger partial charge in [-0.05, 0) is 42.9 Å². The van der Waals surface area contributed by atoms with Gasteiger partial charge in [0.15, 0.2) is 0 Å². The fraction of sp³-hybridized carbons (Fsp3) is 0.267. The van der Waals surface area contributed by atoms with Crippen molar-refractivity contribution in [2.45, 2.75) is 0 Å². The molecule has 0 atom stereocenters. The third-order valence-corrected chi connectivity index (χ3v) is 7.19. The van der Waals surface area contributed by atoms with Crippen molar-refractivity contribution in [3.05, 3.63) is 83.7 Å². The van der Waals surface area contributed by atoms with E-state index in [1.165, 1.54) is 13.3 Å². The lowest BCUT2D eigenvalue weighted by atomic mass is 10.0. The maximum absolute atomic E-state index is 13.2. The molecule has 0 bridgehead atoms. The molecule has 0 saturated carbocycles. The maximum Gasteiger partial charge on any atom is 0.339 e. The molecule has 2 aromatic carbocycles. The molecule has 2 aliphatic heterocycles. The number of methoxy groups -OCH3 is 1. The third kappa shape index (κ3) is 5.73. The number of esters is 1. The van der Waals surface area contributed by atoms with Gasteiger partial charge in [0.05, 0.1) is 36.2 Å². The predicted octanol–water partition coefficient (Wildman–Crippen LogP) is 3.01. The Bertz CT molecular complexity index is 1450. The molecule has 1 fully saturated rings.